The van der Waals surface area contributed by atoms with Crippen LogP contribution in [0.2, 0.25) is 0 Å². The van der Waals surface area contributed by atoms with E-state index in [9.17, 15) is 0 Å². The van der Waals surface area contributed by atoms with Crippen LogP contribution in [-0.4, -0.2) is 15.0 Å². The molecular formula is C17H17N3S. The van der Waals surface area contributed by atoms with Gasteiger partial charge in [0.15, 0.2) is 0 Å². The SMILES string of the molecule is CCCc1nc(=S)c(C)c(-c2cccc3cnccc23)[nH]1. The molecule has 3 nitrogen and oxygen atoms in total. The van der Waals surface area contributed by atoms with Gasteiger partial charge in [-0.1, -0.05) is 37.3 Å². The highest BCUT2D eigenvalue weighted by Crippen LogP contribution is 2.29. The largest absolute Gasteiger partial charge is 0.343 e. The zero-order chi connectivity index (χ0) is 14.8. The molecule has 0 atom stereocenters. The zero-order valence-electron chi connectivity index (χ0n) is 12.2. The molecule has 0 saturated heterocycles. The van der Waals surface area contributed by atoms with Crippen LogP contribution in [0.4, 0.5) is 0 Å². The minimum absolute atomic E-state index is 0.679. The standard InChI is InChI=1S/C17H17N3S/c1-3-5-15-19-16(11(2)17(21)20-15)14-7-4-6-12-10-18-9-8-13(12)14/h4,6-10H,3,5H2,1-2H3,(H,19,20,21). The first-order valence-electron chi connectivity index (χ1n) is 7.13. The summed E-state index contributed by atoms with van der Waals surface area (Å²) in [6, 6.07) is 8.28. The van der Waals surface area contributed by atoms with Crippen LogP contribution in [0.25, 0.3) is 22.0 Å². The van der Waals surface area contributed by atoms with E-state index in [-0.39, 0.29) is 0 Å². The van der Waals surface area contributed by atoms with Gasteiger partial charge >= 0.3 is 0 Å². The second-order valence-corrected chi connectivity index (χ2v) is 5.53. The summed E-state index contributed by atoms with van der Waals surface area (Å²) in [6.07, 6.45) is 5.66. The fourth-order valence-corrected chi connectivity index (χ4v) is 2.76. The van der Waals surface area contributed by atoms with Crippen LogP contribution in [0.15, 0.2) is 36.7 Å². The molecule has 0 amide bonds. The van der Waals surface area contributed by atoms with Crippen molar-refractivity contribution < 1.29 is 0 Å². The Morgan fingerprint density at radius 3 is 2.90 bits per heavy atom. The summed E-state index contributed by atoms with van der Waals surface area (Å²) in [5, 5.41) is 2.30. The van der Waals surface area contributed by atoms with Crippen LogP contribution < -0.4 is 0 Å². The summed E-state index contributed by atoms with van der Waals surface area (Å²) in [6.45, 7) is 4.17. The first-order valence-corrected chi connectivity index (χ1v) is 7.54. The molecule has 21 heavy (non-hydrogen) atoms. The maximum absolute atomic E-state index is 5.42. The maximum Gasteiger partial charge on any atom is 0.133 e. The summed E-state index contributed by atoms with van der Waals surface area (Å²) in [7, 11) is 0. The molecule has 106 valence electrons. The van der Waals surface area contributed by atoms with E-state index in [2.05, 4.69) is 40.1 Å². The molecule has 2 aromatic heterocycles. The molecule has 1 aromatic carbocycles. The number of aryl methyl sites for hydroxylation is 1. The third kappa shape index (κ3) is 2.59. The average molecular weight is 295 g/mol. The van der Waals surface area contributed by atoms with Crippen molar-refractivity contribution in [1.82, 2.24) is 15.0 Å². The van der Waals surface area contributed by atoms with E-state index in [1.165, 1.54) is 5.39 Å². The molecule has 0 bridgehead atoms. The van der Waals surface area contributed by atoms with Gasteiger partial charge in [-0.2, -0.15) is 0 Å². The Hall–Kier alpha value is -2.07. The maximum atomic E-state index is 5.42. The van der Waals surface area contributed by atoms with E-state index in [0.29, 0.717) is 4.64 Å². The molecule has 0 aliphatic rings. The van der Waals surface area contributed by atoms with Crippen molar-refractivity contribution in [3.8, 4) is 11.3 Å². The van der Waals surface area contributed by atoms with E-state index in [1.54, 1.807) is 0 Å². The molecule has 0 spiro atoms. The molecule has 0 unspecified atom stereocenters. The topological polar surface area (TPSA) is 41.6 Å². The lowest BCUT2D eigenvalue weighted by Gasteiger charge is -2.11. The van der Waals surface area contributed by atoms with E-state index in [4.69, 9.17) is 12.2 Å². The lowest BCUT2D eigenvalue weighted by atomic mass is 10.0. The van der Waals surface area contributed by atoms with Crippen molar-refractivity contribution >= 4 is 23.0 Å². The molecule has 0 radical (unpaired) electrons. The molecule has 4 heteroatoms. The Kier molecular flexibility index (Phi) is 3.80. The molecule has 0 aliphatic heterocycles. The Balaban J connectivity index is 2.30. The van der Waals surface area contributed by atoms with Crippen LogP contribution in [-0.2, 0) is 6.42 Å². The minimum Gasteiger partial charge on any atom is -0.343 e. The average Bonchev–Trinajstić information content (AvgIpc) is 2.50. The van der Waals surface area contributed by atoms with Gasteiger partial charge in [-0.05, 0) is 24.8 Å². The second-order valence-electron chi connectivity index (χ2n) is 5.14. The van der Waals surface area contributed by atoms with Gasteiger partial charge in [-0.3, -0.25) is 4.98 Å². The molecule has 0 fully saturated rings. The van der Waals surface area contributed by atoms with Crippen LogP contribution in [0.5, 0.6) is 0 Å². The third-order valence-corrected chi connectivity index (χ3v) is 4.04. The quantitative estimate of drug-likeness (QED) is 0.717. The highest BCUT2D eigenvalue weighted by atomic mass is 32.1. The van der Waals surface area contributed by atoms with E-state index in [0.717, 1.165) is 40.9 Å². The summed E-state index contributed by atoms with van der Waals surface area (Å²) in [5.74, 6) is 0.953. The van der Waals surface area contributed by atoms with E-state index < -0.39 is 0 Å². The van der Waals surface area contributed by atoms with Gasteiger partial charge in [-0.15, -0.1) is 0 Å². The second kappa shape index (κ2) is 5.74. The van der Waals surface area contributed by atoms with E-state index >= 15 is 0 Å². The van der Waals surface area contributed by atoms with Crippen LogP contribution in [0.1, 0.15) is 24.7 Å². The number of fused-ring (bicyclic) bond motifs is 1. The number of hydrogen-bond donors (Lipinski definition) is 1. The van der Waals surface area contributed by atoms with Gasteiger partial charge in [-0.25, -0.2) is 4.98 Å². The first kappa shape index (κ1) is 13.9. The van der Waals surface area contributed by atoms with Crippen molar-refractivity contribution in [2.24, 2.45) is 0 Å². The number of pyridine rings is 1. The lowest BCUT2D eigenvalue weighted by molar-refractivity contribution is 0.829. The molecule has 3 rings (SSSR count). The van der Waals surface area contributed by atoms with Gasteiger partial charge in [0, 0.05) is 35.3 Å². The number of aromatic amines is 1. The summed E-state index contributed by atoms with van der Waals surface area (Å²) >= 11 is 5.42. The number of nitrogens with one attached hydrogen (secondary N) is 1. The van der Waals surface area contributed by atoms with Crippen molar-refractivity contribution in [3.05, 3.63) is 52.7 Å². The van der Waals surface area contributed by atoms with Crippen LogP contribution in [0.3, 0.4) is 0 Å². The lowest BCUT2D eigenvalue weighted by Crippen LogP contribution is -2.00. The van der Waals surface area contributed by atoms with Crippen LogP contribution >= 0.6 is 12.2 Å². The number of H-pyrrole nitrogens is 1. The number of rotatable bonds is 3. The Labute approximate surface area is 129 Å². The van der Waals surface area contributed by atoms with Gasteiger partial charge in [0.1, 0.15) is 10.5 Å². The molecule has 0 aliphatic carbocycles. The van der Waals surface area contributed by atoms with E-state index in [1.807, 2.05) is 25.4 Å². The van der Waals surface area contributed by atoms with Crippen molar-refractivity contribution in [2.75, 3.05) is 0 Å². The Morgan fingerprint density at radius 2 is 2.10 bits per heavy atom. The van der Waals surface area contributed by atoms with Gasteiger partial charge in [0.25, 0.3) is 0 Å². The van der Waals surface area contributed by atoms with Gasteiger partial charge in [0.05, 0.1) is 5.69 Å². The minimum atomic E-state index is 0.679. The summed E-state index contributed by atoms with van der Waals surface area (Å²) in [5.41, 5.74) is 3.24. The molecular weight excluding hydrogens is 278 g/mol. The number of nitrogens with zero attached hydrogens (tertiary/aromatic N) is 2. The molecule has 3 aromatic rings. The number of hydrogen-bond acceptors (Lipinski definition) is 3. The highest BCUT2D eigenvalue weighted by Gasteiger charge is 2.10. The Morgan fingerprint density at radius 1 is 1.24 bits per heavy atom. The predicted octanol–water partition coefficient (Wildman–Crippen LogP) is 4.62. The number of benzene rings is 1. The fraction of sp³-hybridized carbons (Fsp3) is 0.235. The van der Waals surface area contributed by atoms with Gasteiger partial charge in [0.2, 0.25) is 0 Å². The fourth-order valence-electron chi connectivity index (χ4n) is 2.54. The summed E-state index contributed by atoms with van der Waals surface area (Å²) in [4.78, 5) is 12.1. The molecule has 1 N–H and O–H groups in total. The predicted molar refractivity (Wildman–Crippen MR) is 88.9 cm³/mol. The third-order valence-electron chi connectivity index (χ3n) is 3.64. The first-order chi connectivity index (χ1) is 10.2. The summed E-state index contributed by atoms with van der Waals surface area (Å²) < 4.78 is 0.679. The highest BCUT2D eigenvalue weighted by molar-refractivity contribution is 7.71. The normalized spacial score (nSPS) is 11.0. The monoisotopic (exact) mass is 295 g/mol. The number of aromatic nitrogens is 3. The Bertz CT molecular complexity index is 847. The molecule has 0 saturated carbocycles. The molecule has 2 heterocycles. The van der Waals surface area contributed by atoms with Crippen LogP contribution in [0, 0.1) is 11.6 Å². The zero-order valence-corrected chi connectivity index (χ0v) is 13.0. The van der Waals surface area contributed by atoms with Crippen molar-refractivity contribution in [3.63, 3.8) is 0 Å². The van der Waals surface area contributed by atoms with Crippen molar-refractivity contribution in [1.29, 1.82) is 0 Å². The smallest absolute Gasteiger partial charge is 0.133 e. The van der Waals surface area contributed by atoms with Gasteiger partial charge < -0.3 is 4.98 Å². The van der Waals surface area contributed by atoms with Crippen molar-refractivity contribution in [2.45, 2.75) is 26.7 Å².